The number of carbonyl (C=O) groups is 3. The molecule has 2 aromatic rings. The van der Waals surface area contributed by atoms with Crippen molar-refractivity contribution in [2.45, 2.75) is 12.8 Å². The molecule has 2 aromatic carbocycles. The van der Waals surface area contributed by atoms with Gasteiger partial charge in [0.25, 0.3) is 0 Å². The van der Waals surface area contributed by atoms with Gasteiger partial charge in [-0.1, -0.05) is 30.3 Å². The number of unbranched alkanes of at least 4 members (excludes halogenated alkanes) is 1. The Morgan fingerprint density at radius 2 is 1.42 bits per heavy atom. The summed E-state index contributed by atoms with van der Waals surface area (Å²) in [4.78, 5) is 33.0. The molecule has 0 aromatic heterocycles. The van der Waals surface area contributed by atoms with E-state index in [2.05, 4.69) is 4.90 Å². The Labute approximate surface area is 181 Å². The first-order valence-corrected chi connectivity index (χ1v) is 10.1. The van der Waals surface area contributed by atoms with Gasteiger partial charge in [-0.3, -0.25) is 9.69 Å². The van der Waals surface area contributed by atoms with Crippen LogP contribution in [0.4, 0.5) is 0 Å². The normalized spacial score (nSPS) is 13.5. The van der Waals surface area contributed by atoms with Crippen LogP contribution >= 0.6 is 0 Å². The molecule has 3 rings (SSSR count). The minimum absolute atomic E-state index is 0.0395. The smallest absolute Gasteiger partial charge is 0.414 e. The fourth-order valence-corrected chi connectivity index (χ4v) is 2.91. The number of carboxylic acid groups (broad SMARTS) is 2. The number of aliphatic carboxylic acids is 2. The van der Waals surface area contributed by atoms with Crippen molar-refractivity contribution in [1.29, 1.82) is 0 Å². The summed E-state index contributed by atoms with van der Waals surface area (Å²) in [6, 6.07) is 16.7. The fourth-order valence-electron chi connectivity index (χ4n) is 2.91. The minimum Gasteiger partial charge on any atom is -0.494 e. The van der Waals surface area contributed by atoms with Crippen LogP contribution in [0, 0.1) is 0 Å². The standard InChI is InChI=1S/C21H25NO3.C2H2O4/c23-21(18-6-2-1-3-7-18)19-8-10-20(11-9-19)25-15-5-4-12-22-13-16-24-17-14-22;3-1(4)2(5)6/h1-3,6-11H,4-5,12-17H2;(H,3,4)(H,5,6). The van der Waals surface area contributed by atoms with Crippen LogP contribution in [0.15, 0.2) is 54.6 Å². The van der Waals surface area contributed by atoms with Gasteiger partial charge in [0.1, 0.15) is 5.75 Å². The quantitative estimate of drug-likeness (QED) is 0.374. The summed E-state index contributed by atoms with van der Waals surface area (Å²) in [6.45, 7) is 5.60. The predicted molar refractivity (Wildman–Crippen MR) is 114 cm³/mol. The molecular formula is C23H27NO7. The van der Waals surface area contributed by atoms with E-state index >= 15 is 0 Å². The van der Waals surface area contributed by atoms with E-state index in [1.807, 2.05) is 54.6 Å². The number of carboxylic acids is 2. The van der Waals surface area contributed by atoms with Crippen molar-refractivity contribution in [3.8, 4) is 5.75 Å². The molecule has 166 valence electrons. The summed E-state index contributed by atoms with van der Waals surface area (Å²) < 4.78 is 11.1. The van der Waals surface area contributed by atoms with E-state index in [0.29, 0.717) is 17.7 Å². The van der Waals surface area contributed by atoms with Crippen molar-refractivity contribution in [3.63, 3.8) is 0 Å². The highest BCUT2D eigenvalue weighted by Gasteiger charge is 2.10. The second-order valence-electron chi connectivity index (χ2n) is 6.84. The number of morpholine rings is 1. The van der Waals surface area contributed by atoms with Crippen molar-refractivity contribution in [2.24, 2.45) is 0 Å². The van der Waals surface area contributed by atoms with Gasteiger partial charge in [-0.25, -0.2) is 9.59 Å². The van der Waals surface area contributed by atoms with E-state index in [1.165, 1.54) is 0 Å². The van der Waals surface area contributed by atoms with Crippen molar-refractivity contribution in [3.05, 3.63) is 65.7 Å². The SMILES string of the molecule is O=C(O)C(=O)O.O=C(c1ccccc1)c1ccc(OCCCCN2CCOCC2)cc1. The molecule has 0 unspecified atom stereocenters. The van der Waals surface area contributed by atoms with Gasteiger partial charge in [-0.05, 0) is 43.7 Å². The first kappa shape index (κ1) is 24.0. The average molecular weight is 429 g/mol. The van der Waals surface area contributed by atoms with E-state index < -0.39 is 11.9 Å². The largest absolute Gasteiger partial charge is 0.494 e. The highest BCUT2D eigenvalue weighted by Crippen LogP contribution is 2.16. The third kappa shape index (κ3) is 8.98. The topological polar surface area (TPSA) is 113 Å². The number of ether oxygens (including phenoxy) is 2. The van der Waals surface area contributed by atoms with E-state index in [0.717, 1.165) is 51.4 Å². The lowest BCUT2D eigenvalue weighted by molar-refractivity contribution is -0.159. The predicted octanol–water partition coefficient (Wildman–Crippen LogP) is 2.56. The Kier molecular flexibility index (Phi) is 10.2. The molecule has 1 saturated heterocycles. The lowest BCUT2D eigenvalue weighted by atomic mass is 10.0. The Morgan fingerprint density at radius 1 is 0.839 bits per heavy atom. The van der Waals surface area contributed by atoms with Gasteiger partial charge < -0.3 is 19.7 Å². The minimum atomic E-state index is -1.82. The molecule has 0 amide bonds. The van der Waals surface area contributed by atoms with E-state index in [1.54, 1.807) is 0 Å². The Morgan fingerprint density at radius 3 is 2.00 bits per heavy atom. The van der Waals surface area contributed by atoms with Crippen molar-refractivity contribution >= 4 is 17.7 Å². The lowest BCUT2D eigenvalue weighted by Gasteiger charge is -2.26. The molecular weight excluding hydrogens is 402 g/mol. The van der Waals surface area contributed by atoms with Crippen LogP contribution in [0.2, 0.25) is 0 Å². The summed E-state index contributed by atoms with van der Waals surface area (Å²) >= 11 is 0. The molecule has 2 N–H and O–H groups in total. The van der Waals surface area contributed by atoms with Crippen molar-refractivity contribution < 1.29 is 34.1 Å². The second-order valence-corrected chi connectivity index (χ2v) is 6.84. The Bertz CT molecular complexity index is 819. The van der Waals surface area contributed by atoms with Gasteiger partial charge in [0.15, 0.2) is 5.78 Å². The summed E-state index contributed by atoms with van der Waals surface area (Å²) in [5, 5.41) is 14.8. The van der Waals surface area contributed by atoms with Crippen LogP contribution in [0.25, 0.3) is 0 Å². The molecule has 1 heterocycles. The van der Waals surface area contributed by atoms with Crippen molar-refractivity contribution in [2.75, 3.05) is 39.5 Å². The maximum atomic E-state index is 12.4. The number of hydrogen-bond donors (Lipinski definition) is 2. The van der Waals surface area contributed by atoms with Gasteiger partial charge >= 0.3 is 11.9 Å². The van der Waals surface area contributed by atoms with E-state index in [4.69, 9.17) is 29.3 Å². The monoisotopic (exact) mass is 429 g/mol. The highest BCUT2D eigenvalue weighted by atomic mass is 16.5. The number of rotatable bonds is 8. The zero-order chi connectivity index (χ0) is 22.5. The fraction of sp³-hybridized carbons (Fsp3) is 0.348. The van der Waals surface area contributed by atoms with Crippen LogP contribution < -0.4 is 4.74 Å². The molecule has 0 saturated carbocycles. The van der Waals surface area contributed by atoms with E-state index in [9.17, 15) is 4.79 Å². The summed E-state index contributed by atoms with van der Waals surface area (Å²) in [5.41, 5.74) is 1.39. The van der Waals surface area contributed by atoms with Gasteiger partial charge in [0.2, 0.25) is 0 Å². The summed E-state index contributed by atoms with van der Waals surface area (Å²) in [5.74, 6) is -2.79. The van der Waals surface area contributed by atoms with Crippen LogP contribution in [0.3, 0.4) is 0 Å². The van der Waals surface area contributed by atoms with Crippen LogP contribution in [0.5, 0.6) is 5.75 Å². The maximum absolute atomic E-state index is 12.4. The molecule has 1 fully saturated rings. The molecule has 0 atom stereocenters. The molecule has 0 spiro atoms. The van der Waals surface area contributed by atoms with Gasteiger partial charge in [-0.15, -0.1) is 0 Å². The van der Waals surface area contributed by atoms with Gasteiger partial charge in [-0.2, -0.15) is 0 Å². The summed E-state index contributed by atoms with van der Waals surface area (Å²) in [6.07, 6.45) is 2.16. The molecule has 8 heteroatoms. The zero-order valence-electron chi connectivity index (χ0n) is 17.2. The van der Waals surface area contributed by atoms with Gasteiger partial charge in [0.05, 0.1) is 19.8 Å². The zero-order valence-corrected chi connectivity index (χ0v) is 17.2. The number of benzene rings is 2. The number of carbonyl (C=O) groups excluding carboxylic acids is 1. The lowest BCUT2D eigenvalue weighted by Crippen LogP contribution is -2.36. The molecule has 0 aliphatic carbocycles. The highest BCUT2D eigenvalue weighted by molar-refractivity contribution is 6.27. The molecule has 8 nitrogen and oxygen atoms in total. The third-order valence-corrected chi connectivity index (χ3v) is 4.58. The Hall–Kier alpha value is -3.23. The van der Waals surface area contributed by atoms with Crippen LogP contribution in [0.1, 0.15) is 28.8 Å². The molecule has 1 aliphatic heterocycles. The number of ketones is 1. The second kappa shape index (κ2) is 13.1. The van der Waals surface area contributed by atoms with E-state index in [-0.39, 0.29) is 5.78 Å². The Balaban J connectivity index is 0.000000501. The maximum Gasteiger partial charge on any atom is 0.414 e. The third-order valence-electron chi connectivity index (χ3n) is 4.58. The number of nitrogens with zero attached hydrogens (tertiary/aromatic N) is 1. The average Bonchev–Trinajstić information content (AvgIpc) is 2.80. The molecule has 1 aliphatic rings. The first-order chi connectivity index (χ1) is 15.0. The van der Waals surface area contributed by atoms with Crippen LogP contribution in [-0.2, 0) is 14.3 Å². The van der Waals surface area contributed by atoms with Crippen molar-refractivity contribution in [1.82, 2.24) is 4.90 Å². The van der Waals surface area contributed by atoms with Crippen LogP contribution in [-0.4, -0.2) is 72.3 Å². The first-order valence-electron chi connectivity index (χ1n) is 10.1. The van der Waals surface area contributed by atoms with Gasteiger partial charge in [0, 0.05) is 24.2 Å². The summed E-state index contributed by atoms with van der Waals surface area (Å²) in [7, 11) is 0. The molecule has 0 bridgehead atoms. The molecule has 0 radical (unpaired) electrons. The number of hydrogen-bond acceptors (Lipinski definition) is 6. The molecule has 31 heavy (non-hydrogen) atoms.